The first kappa shape index (κ1) is 10.2. The number of H-pyrrole nitrogens is 1. The van der Waals surface area contributed by atoms with Gasteiger partial charge in [-0.1, -0.05) is 0 Å². The molecule has 84 valence electrons. The van der Waals surface area contributed by atoms with Crippen molar-refractivity contribution in [2.45, 2.75) is 13.1 Å². The first-order valence-corrected chi connectivity index (χ1v) is 4.76. The van der Waals surface area contributed by atoms with Crippen molar-refractivity contribution >= 4 is 11.6 Å². The molecule has 0 aliphatic carbocycles. The van der Waals surface area contributed by atoms with Gasteiger partial charge in [0.1, 0.15) is 6.54 Å². The lowest BCUT2D eigenvalue weighted by Gasteiger charge is -2.03. The number of nitrogens with one attached hydrogen (secondary N) is 2. The maximum absolute atomic E-state index is 11.5. The molecular formula is C9H12N6O. The summed E-state index contributed by atoms with van der Waals surface area (Å²) in [6.07, 6.45) is 6.50. The van der Waals surface area contributed by atoms with E-state index >= 15 is 0 Å². The molecule has 0 bridgehead atoms. The third kappa shape index (κ3) is 2.59. The number of nitrogen functional groups attached to an aromatic ring is 1. The van der Waals surface area contributed by atoms with Gasteiger partial charge in [-0.2, -0.15) is 10.2 Å². The second-order valence-corrected chi connectivity index (χ2v) is 3.35. The molecule has 2 heterocycles. The zero-order valence-corrected chi connectivity index (χ0v) is 8.55. The second-order valence-electron chi connectivity index (χ2n) is 3.35. The van der Waals surface area contributed by atoms with Gasteiger partial charge < -0.3 is 11.1 Å². The van der Waals surface area contributed by atoms with Crippen LogP contribution < -0.4 is 11.1 Å². The highest BCUT2D eigenvalue weighted by Gasteiger charge is 2.03. The van der Waals surface area contributed by atoms with Gasteiger partial charge in [0.25, 0.3) is 0 Å². The summed E-state index contributed by atoms with van der Waals surface area (Å²) in [5.41, 5.74) is 6.95. The van der Waals surface area contributed by atoms with Crippen molar-refractivity contribution in [3.63, 3.8) is 0 Å². The highest BCUT2D eigenvalue weighted by Crippen LogP contribution is 1.97. The van der Waals surface area contributed by atoms with E-state index in [1.807, 2.05) is 0 Å². The molecular weight excluding hydrogens is 208 g/mol. The number of hydrogen-bond donors (Lipinski definition) is 3. The van der Waals surface area contributed by atoms with E-state index < -0.39 is 0 Å². The third-order valence-corrected chi connectivity index (χ3v) is 2.00. The summed E-state index contributed by atoms with van der Waals surface area (Å²) >= 11 is 0. The molecule has 0 atom stereocenters. The lowest BCUT2D eigenvalue weighted by molar-refractivity contribution is -0.122. The fourth-order valence-corrected chi connectivity index (χ4v) is 1.24. The minimum Gasteiger partial charge on any atom is -0.396 e. The van der Waals surface area contributed by atoms with Crippen molar-refractivity contribution in [3.8, 4) is 0 Å². The van der Waals surface area contributed by atoms with E-state index in [-0.39, 0.29) is 12.5 Å². The first-order chi connectivity index (χ1) is 7.74. The molecule has 0 radical (unpaired) electrons. The van der Waals surface area contributed by atoms with Gasteiger partial charge in [0.2, 0.25) is 5.91 Å². The second kappa shape index (κ2) is 4.47. The Labute approximate surface area is 91.6 Å². The van der Waals surface area contributed by atoms with E-state index in [2.05, 4.69) is 20.6 Å². The van der Waals surface area contributed by atoms with Crippen LogP contribution in [0, 0.1) is 0 Å². The lowest BCUT2D eigenvalue weighted by Crippen LogP contribution is -2.27. The molecule has 0 saturated carbocycles. The van der Waals surface area contributed by atoms with Crippen molar-refractivity contribution in [3.05, 3.63) is 30.4 Å². The van der Waals surface area contributed by atoms with Gasteiger partial charge >= 0.3 is 0 Å². The van der Waals surface area contributed by atoms with Crippen LogP contribution in [-0.2, 0) is 17.9 Å². The number of aromatic nitrogens is 4. The summed E-state index contributed by atoms with van der Waals surface area (Å²) in [6.45, 7) is 0.612. The van der Waals surface area contributed by atoms with Crippen LogP contribution in [0.15, 0.2) is 24.8 Å². The van der Waals surface area contributed by atoms with Gasteiger partial charge in [-0.05, 0) is 0 Å². The molecule has 4 N–H and O–H groups in total. The Kier molecular flexibility index (Phi) is 2.86. The molecule has 0 aromatic carbocycles. The zero-order chi connectivity index (χ0) is 11.4. The molecule has 7 nitrogen and oxygen atoms in total. The quantitative estimate of drug-likeness (QED) is 0.646. The van der Waals surface area contributed by atoms with Gasteiger partial charge in [0, 0.05) is 24.5 Å². The summed E-state index contributed by atoms with van der Waals surface area (Å²) in [5, 5.41) is 13.1. The van der Waals surface area contributed by atoms with E-state index in [4.69, 9.17) is 5.73 Å². The topological polar surface area (TPSA) is 102 Å². The molecule has 2 aromatic heterocycles. The molecule has 0 unspecified atom stereocenters. The number of amides is 1. The maximum Gasteiger partial charge on any atom is 0.242 e. The van der Waals surface area contributed by atoms with Crippen molar-refractivity contribution in [1.82, 2.24) is 25.3 Å². The zero-order valence-electron chi connectivity index (χ0n) is 8.55. The molecule has 0 aliphatic heterocycles. The van der Waals surface area contributed by atoms with Crippen LogP contribution in [0.1, 0.15) is 5.56 Å². The van der Waals surface area contributed by atoms with Crippen LogP contribution in [-0.4, -0.2) is 25.9 Å². The van der Waals surface area contributed by atoms with Crippen LogP contribution >= 0.6 is 0 Å². The van der Waals surface area contributed by atoms with Crippen molar-refractivity contribution in [2.75, 3.05) is 5.73 Å². The van der Waals surface area contributed by atoms with Crippen molar-refractivity contribution in [1.29, 1.82) is 0 Å². The van der Waals surface area contributed by atoms with Crippen LogP contribution in [0.4, 0.5) is 5.69 Å². The minimum atomic E-state index is -0.121. The highest BCUT2D eigenvalue weighted by atomic mass is 16.2. The molecule has 16 heavy (non-hydrogen) atoms. The Bertz CT molecular complexity index is 460. The number of carbonyl (C=O) groups is 1. The lowest BCUT2D eigenvalue weighted by atomic mass is 10.3. The van der Waals surface area contributed by atoms with E-state index in [1.54, 1.807) is 18.6 Å². The summed E-state index contributed by atoms with van der Waals surface area (Å²) in [6, 6.07) is 0. The number of hydrogen-bond acceptors (Lipinski definition) is 4. The average molecular weight is 220 g/mol. The number of carbonyl (C=O) groups excluding carboxylic acids is 1. The minimum absolute atomic E-state index is 0.121. The van der Waals surface area contributed by atoms with Gasteiger partial charge in [0.05, 0.1) is 18.1 Å². The summed E-state index contributed by atoms with van der Waals surface area (Å²) in [7, 11) is 0. The predicted molar refractivity (Wildman–Crippen MR) is 57.1 cm³/mol. The predicted octanol–water partition coefficient (Wildman–Crippen LogP) is -0.495. The van der Waals surface area contributed by atoms with E-state index in [1.165, 1.54) is 10.9 Å². The van der Waals surface area contributed by atoms with E-state index in [9.17, 15) is 4.79 Å². The van der Waals surface area contributed by atoms with Crippen LogP contribution in [0.3, 0.4) is 0 Å². The van der Waals surface area contributed by atoms with E-state index in [0.717, 1.165) is 5.56 Å². The van der Waals surface area contributed by atoms with Crippen molar-refractivity contribution < 1.29 is 4.79 Å². The number of anilines is 1. The fourth-order valence-electron chi connectivity index (χ4n) is 1.24. The largest absolute Gasteiger partial charge is 0.396 e. The standard InChI is InChI=1S/C9H12N6O/c10-8-4-14-15(5-8)6-9(16)11-1-7-2-12-13-3-7/h2-5H,1,6,10H2,(H,11,16)(H,12,13). The molecule has 0 aliphatic rings. The van der Waals surface area contributed by atoms with Gasteiger partial charge in [-0.15, -0.1) is 0 Å². The Morgan fingerprint density at radius 2 is 2.44 bits per heavy atom. The smallest absolute Gasteiger partial charge is 0.242 e. The van der Waals surface area contributed by atoms with Crippen molar-refractivity contribution in [2.24, 2.45) is 0 Å². The van der Waals surface area contributed by atoms with Crippen LogP contribution in [0.25, 0.3) is 0 Å². The molecule has 1 amide bonds. The highest BCUT2D eigenvalue weighted by molar-refractivity contribution is 5.75. The van der Waals surface area contributed by atoms with Gasteiger partial charge in [-0.25, -0.2) is 0 Å². The normalized spacial score (nSPS) is 10.2. The molecule has 0 spiro atoms. The number of rotatable bonds is 4. The maximum atomic E-state index is 11.5. The summed E-state index contributed by atoms with van der Waals surface area (Å²) in [4.78, 5) is 11.5. The van der Waals surface area contributed by atoms with Crippen LogP contribution in [0.5, 0.6) is 0 Å². The molecule has 7 heteroatoms. The van der Waals surface area contributed by atoms with E-state index in [0.29, 0.717) is 12.2 Å². The van der Waals surface area contributed by atoms with Crippen LogP contribution in [0.2, 0.25) is 0 Å². The monoisotopic (exact) mass is 220 g/mol. The Morgan fingerprint density at radius 3 is 3.06 bits per heavy atom. The molecule has 0 saturated heterocycles. The summed E-state index contributed by atoms with van der Waals surface area (Å²) in [5.74, 6) is -0.121. The Balaban J connectivity index is 1.81. The molecule has 2 aromatic rings. The number of nitrogens with zero attached hydrogens (tertiary/aromatic N) is 3. The first-order valence-electron chi connectivity index (χ1n) is 4.76. The van der Waals surface area contributed by atoms with Gasteiger partial charge in [-0.3, -0.25) is 14.6 Å². The number of aromatic amines is 1. The number of nitrogens with two attached hydrogens (primary N) is 1. The Morgan fingerprint density at radius 1 is 1.56 bits per heavy atom. The summed E-state index contributed by atoms with van der Waals surface area (Å²) < 4.78 is 1.49. The average Bonchev–Trinajstić information content (AvgIpc) is 2.87. The fraction of sp³-hybridized carbons (Fsp3) is 0.222. The Hall–Kier alpha value is -2.31. The SMILES string of the molecule is Nc1cnn(CC(=O)NCc2cn[nH]c2)c1. The van der Waals surface area contributed by atoms with Gasteiger partial charge in [0.15, 0.2) is 0 Å². The molecule has 0 fully saturated rings. The third-order valence-electron chi connectivity index (χ3n) is 2.00. The molecule has 2 rings (SSSR count).